The summed E-state index contributed by atoms with van der Waals surface area (Å²) < 4.78 is 1.30. The Kier molecular flexibility index (Phi) is 3.90. The summed E-state index contributed by atoms with van der Waals surface area (Å²) in [6.07, 6.45) is 8.11. The molecular weight excluding hydrogens is 206 g/mol. The zero-order chi connectivity index (χ0) is 12.1. The molecule has 0 aromatic carbocycles. The maximum atomic E-state index is 11.5. The molecule has 16 heavy (non-hydrogen) atoms. The first-order valence-electron chi connectivity index (χ1n) is 5.01. The maximum absolute atomic E-state index is 11.5. The molecule has 1 rings (SSSR count). The average Bonchev–Trinajstić information content (AvgIpc) is 2.26. The lowest BCUT2D eigenvalue weighted by Crippen LogP contribution is -2.24. The Morgan fingerprint density at radius 3 is 2.81 bits per heavy atom. The topological polar surface area (TPSA) is 59.3 Å². The molecule has 0 fully saturated rings. The average molecular weight is 219 g/mol. The van der Waals surface area contributed by atoms with Crippen LogP contribution in [-0.2, 0) is 0 Å². The molecule has 1 unspecified atom stereocenters. The van der Waals surface area contributed by atoms with Gasteiger partial charge in [-0.3, -0.25) is 4.79 Å². The quantitative estimate of drug-likeness (QED) is 0.781. The summed E-state index contributed by atoms with van der Waals surface area (Å²) in [4.78, 5) is 22.3. The van der Waals surface area contributed by atoms with E-state index in [2.05, 4.69) is 5.92 Å². The van der Waals surface area contributed by atoms with Crippen LogP contribution in [0.2, 0.25) is 0 Å². The van der Waals surface area contributed by atoms with Crippen molar-refractivity contribution in [2.75, 3.05) is 0 Å². The fourth-order valence-electron chi connectivity index (χ4n) is 1.45. The number of rotatable bonds is 4. The number of hydrogen-bond acceptors (Lipinski definition) is 2. The van der Waals surface area contributed by atoms with Crippen molar-refractivity contribution in [2.24, 2.45) is 0 Å². The van der Waals surface area contributed by atoms with E-state index >= 15 is 0 Å². The van der Waals surface area contributed by atoms with Crippen molar-refractivity contribution >= 4 is 5.97 Å². The minimum absolute atomic E-state index is 0.0657. The fraction of sp³-hybridized carbons (Fsp3) is 0.333. The molecule has 0 saturated carbocycles. The normalized spacial score (nSPS) is 11.8. The van der Waals surface area contributed by atoms with Gasteiger partial charge >= 0.3 is 5.97 Å². The Morgan fingerprint density at radius 2 is 2.31 bits per heavy atom. The highest BCUT2D eigenvalue weighted by Crippen LogP contribution is 2.10. The number of aromatic carboxylic acids is 1. The molecule has 0 aliphatic heterocycles. The summed E-state index contributed by atoms with van der Waals surface area (Å²) in [5.41, 5.74) is -0.211. The van der Waals surface area contributed by atoms with E-state index in [0.717, 1.165) is 6.42 Å². The highest BCUT2D eigenvalue weighted by atomic mass is 16.4. The molecule has 0 amide bonds. The van der Waals surface area contributed by atoms with Gasteiger partial charge in [0, 0.05) is 12.3 Å². The van der Waals surface area contributed by atoms with Crippen LogP contribution in [0, 0.1) is 12.3 Å². The van der Waals surface area contributed by atoms with Gasteiger partial charge in [-0.1, -0.05) is 19.3 Å². The van der Waals surface area contributed by atoms with E-state index in [1.54, 1.807) is 0 Å². The van der Waals surface area contributed by atoms with Gasteiger partial charge in [-0.15, -0.1) is 6.42 Å². The van der Waals surface area contributed by atoms with Crippen LogP contribution in [0.4, 0.5) is 0 Å². The Hall–Kier alpha value is -2.02. The van der Waals surface area contributed by atoms with Crippen molar-refractivity contribution in [2.45, 2.75) is 25.8 Å². The van der Waals surface area contributed by atoms with Gasteiger partial charge in [0.15, 0.2) is 0 Å². The summed E-state index contributed by atoms with van der Waals surface area (Å²) >= 11 is 0. The Balaban J connectivity index is 3.21. The molecule has 0 aliphatic carbocycles. The van der Waals surface area contributed by atoms with E-state index in [9.17, 15) is 9.59 Å². The molecule has 0 spiro atoms. The number of nitrogens with zero attached hydrogens (tertiary/aromatic N) is 1. The minimum Gasteiger partial charge on any atom is -0.478 e. The summed E-state index contributed by atoms with van der Waals surface area (Å²) in [5, 5.41) is 8.82. The first kappa shape index (κ1) is 12.1. The van der Waals surface area contributed by atoms with Crippen LogP contribution in [0.3, 0.4) is 0 Å². The first-order valence-corrected chi connectivity index (χ1v) is 5.01. The lowest BCUT2D eigenvalue weighted by molar-refractivity contribution is 0.0695. The number of hydrogen-bond donors (Lipinski definition) is 1. The molecule has 1 aromatic rings. The first-order chi connectivity index (χ1) is 7.60. The second-order valence-corrected chi connectivity index (χ2v) is 3.44. The molecule has 1 N–H and O–H groups in total. The molecule has 1 aromatic heterocycles. The number of terminal acetylenes is 1. The lowest BCUT2D eigenvalue weighted by atomic mass is 10.1. The highest BCUT2D eigenvalue weighted by Gasteiger charge is 2.11. The maximum Gasteiger partial charge on any atom is 0.337 e. The van der Waals surface area contributed by atoms with Gasteiger partial charge in [-0.2, -0.15) is 0 Å². The van der Waals surface area contributed by atoms with Crippen LogP contribution in [0.1, 0.15) is 36.2 Å². The molecule has 0 saturated heterocycles. The fourth-order valence-corrected chi connectivity index (χ4v) is 1.45. The van der Waals surface area contributed by atoms with Crippen molar-refractivity contribution in [1.29, 1.82) is 0 Å². The van der Waals surface area contributed by atoms with Crippen molar-refractivity contribution in [1.82, 2.24) is 4.57 Å². The molecular formula is C12H13NO3. The van der Waals surface area contributed by atoms with Gasteiger partial charge in [0.05, 0.1) is 11.6 Å². The lowest BCUT2D eigenvalue weighted by Gasteiger charge is -2.13. The second kappa shape index (κ2) is 5.17. The van der Waals surface area contributed by atoms with Crippen LogP contribution in [-0.4, -0.2) is 15.6 Å². The van der Waals surface area contributed by atoms with Crippen molar-refractivity contribution in [3.63, 3.8) is 0 Å². The van der Waals surface area contributed by atoms with Gasteiger partial charge in [-0.25, -0.2) is 4.79 Å². The van der Waals surface area contributed by atoms with Crippen molar-refractivity contribution in [3.8, 4) is 12.3 Å². The zero-order valence-electron chi connectivity index (χ0n) is 9.01. The SMILES string of the molecule is C#CC(CCC)n1cc(C(=O)O)ccc1=O. The molecule has 0 aliphatic rings. The number of carboxylic acid groups (broad SMARTS) is 1. The van der Waals surface area contributed by atoms with Crippen molar-refractivity contribution < 1.29 is 9.90 Å². The van der Waals surface area contributed by atoms with Gasteiger partial charge in [0.1, 0.15) is 0 Å². The third-order valence-corrected chi connectivity index (χ3v) is 2.28. The molecule has 4 heteroatoms. The van der Waals surface area contributed by atoms with E-state index in [0.29, 0.717) is 6.42 Å². The summed E-state index contributed by atoms with van der Waals surface area (Å²) in [5.74, 6) is 1.43. The number of carboxylic acids is 1. The number of carbonyl (C=O) groups is 1. The van der Waals surface area contributed by atoms with E-state index in [-0.39, 0.29) is 17.2 Å². The standard InChI is InChI=1S/C12H13NO3/c1-3-5-10(4-2)13-8-9(12(15)16)6-7-11(13)14/h2,6-8,10H,3,5H2,1H3,(H,15,16). The van der Waals surface area contributed by atoms with Crippen LogP contribution < -0.4 is 5.56 Å². The molecule has 1 heterocycles. The predicted octanol–water partition coefficient (Wildman–Crippen LogP) is 1.52. The third-order valence-electron chi connectivity index (χ3n) is 2.28. The smallest absolute Gasteiger partial charge is 0.337 e. The van der Waals surface area contributed by atoms with E-state index in [1.807, 2.05) is 6.92 Å². The van der Waals surface area contributed by atoms with Crippen molar-refractivity contribution in [3.05, 3.63) is 34.2 Å². The summed E-state index contributed by atoms with van der Waals surface area (Å²) in [6, 6.07) is 2.13. The van der Waals surface area contributed by atoms with Crippen LogP contribution in [0.15, 0.2) is 23.1 Å². The van der Waals surface area contributed by atoms with Gasteiger partial charge in [0.25, 0.3) is 5.56 Å². The largest absolute Gasteiger partial charge is 0.478 e. The van der Waals surface area contributed by atoms with Gasteiger partial charge in [0.2, 0.25) is 0 Å². The molecule has 1 atom stereocenters. The third kappa shape index (κ3) is 2.51. The van der Waals surface area contributed by atoms with Crippen LogP contribution in [0.5, 0.6) is 0 Å². The monoisotopic (exact) mass is 219 g/mol. The van der Waals surface area contributed by atoms with E-state index in [1.165, 1.54) is 22.9 Å². The van der Waals surface area contributed by atoms with E-state index in [4.69, 9.17) is 11.5 Å². The predicted molar refractivity (Wildman–Crippen MR) is 60.4 cm³/mol. The number of aromatic nitrogens is 1. The Morgan fingerprint density at radius 1 is 1.62 bits per heavy atom. The second-order valence-electron chi connectivity index (χ2n) is 3.44. The Bertz CT molecular complexity index is 482. The summed E-state index contributed by atoms with van der Waals surface area (Å²) in [7, 11) is 0. The summed E-state index contributed by atoms with van der Waals surface area (Å²) in [6.45, 7) is 1.95. The van der Waals surface area contributed by atoms with Gasteiger partial charge < -0.3 is 9.67 Å². The molecule has 84 valence electrons. The molecule has 0 radical (unpaired) electrons. The van der Waals surface area contributed by atoms with Crippen LogP contribution in [0.25, 0.3) is 0 Å². The Labute approximate surface area is 93.5 Å². The molecule has 4 nitrogen and oxygen atoms in total. The van der Waals surface area contributed by atoms with Crippen LogP contribution >= 0.6 is 0 Å². The zero-order valence-corrected chi connectivity index (χ0v) is 9.01. The van der Waals surface area contributed by atoms with Gasteiger partial charge in [-0.05, 0) is 12.5 Å². The highest BCUT2D eigenvalue weighted by molar-refractivity contribution is 5.87. The number of pyridine rings is 1. The van der Waals surface area contributed by atoms with E-state index < -0.39 is 5.97 Å². The molecule has 0 bridgehead atoms. The minimum atomic E-state index is -1.07.